The number of carbonyl (C=O) groups is 1. The zero-order valence-electron chi connectivity index (χ0n) is 29.9. The molecule has 12 heteroatoms. The van der Waals surface area contributed by atoms with Gasteiger partial charge in [0.1, 0.15) is 29.7 Å². The largest absolute Gasteiger partial charge is 0.490 e. The first-order valence-corrected chi connectivity index (χ1v) is 18.1. The number of aldehydes is 1. The number of nitrogens with zero attached hydrogens (tertiary/aromatic N) is 7. The SMILES string of the molecule is CCN(C)C(C)C.O=Cc1cc(F)ccc1Oc1cncnc1N1CC2(CC(Oc3ccnc4c3CN(CC(O)CN3CCCC3)CC4)C2)C1. The van der Waals surface area contributed by atoms with Crippen molar-refractivity contribution in [3.63, 3.8) is 0 Å². The zero-order valence-corrected chi connectivity index (χ0v) is 29.9. The molecule has 0 bridgehead atoms. The van der Waals surface area contributed by atoms with Gasteiger partial charge in [-0.25, -0.2) is 14.4 Å². The number of rotatable bonds is 12. The molecular weight excluding hydrogens is 637 g/mol. The van der Waals surface area contributed by atoms with Crippen LogP contribution in [0.2, 0.25) is 0 Å². The van der Waals surface area contributed by atoms with Crippen LogP contribution in [0.25, 0.3) is 0 Å². The van der Waals surface area contributed by atoms with Crippen LogP contribution in [0, 0.1) is 11.2 Å². The van der Waals surface area contributed by atoms with Gasteiger partial charge in [-0.2, -0.15) is 0 Å². The molecule has 50 heavy (non-hydrogen) atoms. The highest BCUT2D eigenvalue weighted by atomic mass is 19.1. The molecule has 270 valence electrons. The maximum Gasteiger partial charge on any atom is 0.188 e. The van der Waals surface area contributed by atoms with Crippen molar-refractivity contribution in [1.82, 2.24) is 29.7 Å². The second-order valence-electron chi connectivity index (χ2n) is 14.7. The van der Waals surface area contributed by atoms with Crippen LogP contribution in [-0.2, 0) is 13.0 Å². The standard InChI is InChI=1S/C32H37FN6O4.C6H15N/c33-23-3-4-28(22(11-23)18-40)43-30-14-34-21-36-31(30)39-19-32(20-39)12-25(13-32)42-29-5-7-35-27-6-10-38(17-26(27)29)16-24(41)15-37-8-1-2-9-37;1-5-7(4)6(2)3/h3-5,7,11,14,18,21,24-25,41H,1-2,6,8-10,12-13,15-17,19-20H2;6H,5H2,1-4H3. The first-order valence-electron chi connectivity index (χ1n) is 18.1. The summed E-state index contributed by atoms with van der Waals surface area (Å²) in [5, 5.41) is 10.7. The second kappa shape index (κ2) is 16.1. The van der Waals surface area contributed by atoms with Crippen molar-refractivity contribution in [1.29, 1.82) is 0 Å². The van der Waals surface area contributed by atoms with Gasteiger partial charge in [-0.15, -0.1) is 0 Å². The van der Waals surface area contributed by atoms with Gasteiger partial charge in [0.2, 0.25) is 0 Å². The van der Waals surface area contributed by atoms with E-state index < -0.39 is 5.82 Å². The number of anilines is 1. The van der Waals surface area contributed by atoms with Crippen molar-refractivity contribution in [3.8, 4) is 17.2 Å². The zero-order chi connectivity index (χ0) is 35.3. The van der Waals surface area contributed by atoms with Gasteiger partial charge in [-0.3, -0.25) is 14.7 Å². The molecule has 1 aromatic carbocycles. The molecule has 5 heterocycles. The third-order valence-electron chi connectivity index (χ3n) is 10.6. The lowest BCUT2D eigenvalue weighted by Gasteiger charge is -2.59. The van der Waals surface area contributed by atoms with Gasteiger partial charge in [0.25, 0.3) is 0 Å². The summed E-state index contributed by atoms with van der Waals surface area (Å²) < 4.78 is 26.1. The number of halogens is 1. The van der Waals surface area contributed by atoms with E-state index in [1.165, 1.54) is 31.3 Å². The maximum atomic E-state index is 13.6. The van der Waals surface area contributed by atoms with Crippen LogP contribution < -0.4 is 14.4 Å². The van der Waals surface area contributed by atoms with Gasteiger partial charge in [-0.05, 0) is 90.5 Å². The van der Waals surface area contributed by atoms with Crippen LogP contribution in [0.1, 0.15) is 68.1 Å². The van der Waals surface area contributed by atoms with Crippen molar-refractivity contribution in [3.05, 3.63) is 65.6 Å². The number of fused-ring (bicyclic) bond motifs is 1. The van der Waals surface area contributed by atoms with E-state index in [1.54, 1.807) is 6.20 Å². The number of hydrogen-bond donors (Lipinski definition) is 1. The molecule has 2 aromatic heterocycles. The summed E-state index contributed by atoms with van der Waals surface area (Å²) in [5.74, 6) is 1.76. The number of carbonyl (C=O) groups excluding carboxylic acids is 1. The van der Waals surface area contributed by atoms with Crippen LogP contribution >= 0.6 is 0 Å². The summed E-state index contributed by atoms with van der Waals surface area (Å²) in [5.41, 5.74) is 2.54. The van der Waals surface area contributed by atoms with Crippen molar-refractivity contribution >= 4 is 12.1 Å². The predicted octanol–water partition coefficient (Wildman–Crippen LogP) is 4.82. The fraction of sp³-hybridized carbons (Fsp3) is 0.579. The maximum absolute atomic E-state index is 13.6. The normalized spacial score (nSPS) is 19.4. The fourth-order valence-corrected chi connectivity index (χ4v) is 7.50. The molecule has 3 fully saturated rings. The Kier molecular flexibility index (Phi) is 11.6. The van der Waals surface area contributed by atoms with Crippen LogP contribution in [-0.4, -0.2) is 119 Å². The first kappa shape index (κ1) is 36.1. The van der Waals surface area contributed by atoms with Crippen LogP contribution in [0.5, 0.6) is 17.2 Å². The smallest absolute Gasteiger partial charge is 0.188 e. The Morgan fingerprint density at radius 3 is 2.52 bits per heavy atom. The quantitative estimate of drug-likeness (QED) is 0.265. The van der Waals surface area contributed by atoms with E-state index >= 15 is 0 Å². The van der Waals surface area contributed by atoms with E-state index in [0.29, 0.717) is 30.4 Å². The number of ether oxygens (including phenoxy) is 2. The average molecular weight is 690 g/mol. The minimum absolute atomic E-state index is 0.133. The van der Waals surface area contributed by atoms with E-state index in [1.807, 2.05) is 12.3 Å². The van der Waals surface area contributed by atoms with Gasteiger partial charge in [0.05, 0.1) is 17.9 Å². The van der Waals surface area contributed by atoms with Crippen molar-refractivity contribution < 1.29 is 23.8 Å². The van der Waals surface area contributed by atoms with Crippen molar-refractivity contribution in [2.45, 2.75) is 77.7 Å². The van der Waals surface area contributed by atoms with E-state index in [2.05, 4.69) is 62.4 Å². The number of β-amino-alcohol motifs (C(OH)–C–C–N with tert-alkyl or cyclic N) is 1. The minimum atomic E-state index is -0.498. The summed E-state index contributed by atoms with van der Waals surface area (Å²) in [6.07, 6.45) is 10.5. The van der Waals surface area contributed by atoms with Gasteiger partial charge in [-0.1, -0.05) is 6.92 Å². The molecule has 4 aliphatic rings. The first-order chi connectivity index (χ1) is 24.1. The minimum Gasteiger partial charge on any atom is -0.490 e. The molecule has 11 nitrogen and oxygen atoms in total. The highest BCUT2D eigenvalue weighted by Gasteiger charge is 2.54. The molecule has 1 aliphatic carbocycles. The van der Waals surface area contributed by atoms with Crippen molar-refractivity contribution in [2.75, 3.05) is 64.3 Å². The predicted molar refractivity (Wildman–Crippen MR) is 191 cm³/mol. The molecule has 2 saturated heterocycles. The van der Waals surface area contributed by atoms with Gasteiger partial charge in [0.15, 0.2) is 17.9 Å². The van der Waals surface area contributed by atoms with Crippen LogP contribution in [0.15, 0.2) is 43.0 Å². The third kappa shape index (κ3) is 8.59. The van der Waals surface area contributed by atoms with E-state index in [-0.39, 0.29) is 28.9 Å². The second-order valence-corrected chi connectivity index (χ2v) is 14.7. The monoisotopic (exact) mass is 689 g/mol. The Hall–Kier alpha value is -3.71. The number of benzene rings is 1. The number of aromatic nitrogens is 3. The molecule has 1 spiro atoms. The lowest BCUT2D eigenvalue weighted by molar-refractivity contribution is -0.0354. The molecule has 0 radical (unpaired) electrons. The topological polar surface area (TPSA) is 107 Å². The number of likely N-dealkylation sites (tertiary alicyclic amines) is 1. The van der Waals surface area contributed by atoms with Gasteiger partial charge < -0.3 is 29.3 Å². The molecule has 1 unspecified atom stereocenters. The summed E-state index contributed by atoms with van der Waals surface area (Å²) in [4.78, 5) is 33.7. The fourth-order valence-electron chi connectivity index (χ4n) is 7.50. The van der Waals surface area contributed by atoms with Crippen LogP contribution in [0.3, 0.4) is 0 Å². The third-order valence-corrected chi connectivity index (χ3v) is 10.6. The Morgan fingerprint density at radius 1 is 1.06 bits per heavy atom. The molecule has 1 atom stereocenters. The number of pyridine rings is 1. The summed E-state index contributed by atoms with van der Waals surface area (Å²) in [6.45, 7) is 14.6. The van der Waals surface area contributed by atoms with E-state index in [0.717, 1.165) is 94.7 Å². The Labute approximate surface area is 295 Å². The number of aliphatic hydroxyl groups is 1. The lowest BCUT2D eigenvalue weighted by atomic mass is 9.61. The van der Waals surface area contributed by atoms with Crippen molar-refractivity contribution in [2.24, 2.45) is 5.41 Å². The Morgan fingerprint density at radius 2 is 1.82 bits per heavy atom. The summed E-state index contributed by atoms with van der Waals surface area (Å²) in [6, 6.07) is 6.53. The highest BCUT2D eigenvalue weighted by molar-refractivity contribution is 5.79. The molecule has 1 N–H and O–H groups in total. The highest BCUT2D eigenvalue weighted by Crippen LogP contribution is 2.52. The molecule has 3 aliphatic heterocycles. The average Bonchev–Trinajstić information content (AvgIpc) is 3.59. The Bertz CT molecular complexity index is 1590. The van der Waals surface area contributed by atoms with Crippen LogP contribution in [0.4, 0.5) is 10.2 Å². The van der Waals surface area contributed by atoms with E-state index in [9.17, 15) is 14.3 Å². The summed E-state index contributed by atoms with van der Waals surface area (Å²) in [7, 11) is 2.13. The number of aliphatic hydroxyl groups excluding tert-OH is 1. The molecule has 0 amide bonds. The molecular formula is C38H52FN7O4. The molecule has 7 rings (SSSR count). The molecule has 1 saturated carbocycles. The Balaban J connectivity index is 0.000000561. The molecule has 3 aromatic rings. The lowest BCUT2D eigenvalue weighted by Crippen LogP contribution is -2.65. The summed E-state index contributed by atoms with van der Waals surface area (Å²) >= 11 is 0. The van der Waals surface area contributed by atoms with E-state index in [4.69, 9.17) is 9.47 Å². The van der Waals surface area contributed by atoms with Gasteiger partial charge in [0, 0.05) is 74.6 Å². The van der Waals surface area contributed by atoms with Gasteiger partial charge >= 0.3 is 0 Å². The number of hydrogen-bond acceptors (Lipinski definition) is 11.